The molecule has 24 heavy (non-hydrogen) atoms. The Hall–Kier alpha value is -2.47. The molecular weight excluding hydrogens is 309 g/mol. The molecule has 0 bridgehead atoms. The highest BCUT2D eigenvalue weighted by atomic mass is 19.1. The van der Waals surface area contributed by atoms with E-state index < -0.39 is 0 Å². The number of hydrogen-bond donors (Lipinski definition) is 1. The highest BCUT2D eigenvalue weighted by Gasteiger charge is 2.26. The summed E-state index contributed by atoms with van der Waals surface area (Å²) >= 11 is 0. The third kappa shape index (κ3) is 4.08. The first-order valence-corrected chi connectivity index (χ1v) is 8.07. The summed E-state index contributed by atoms with van der Waals surface area (Å²) in [6.45, 7) is 1.85. The standard InChI is InChI=1S/C18H20FN3O2/c19-15-4-6-16(7-5-15)20-18(23)13-21-11-8-14(9-12-21)17-3-1-2-10-22(17)24/h1-7,10,14H,8-9,11-13H2,(H,20,23). The summed E-state index contributed by atoms with van der Waals surface area (Å²) < 4.78 is 13.8. The van der Waals surface area contributed by atoms with Gasteiger partial charge < -0.3 is 10.5 Å². The van der Waals surface area contributed by atoms with Gasteiger partial charge in [-0.15, -0.1) is 0 Å². The molecule has 126 valence electrons. The van der Waals surface area contributed by atoms with Gasteiger partial charge in [0.1, 0.15) is 5.82 Å². The zero-order valence-corrected chi connectivity index (χ0v) is 13.3. The number of hydrogen-bond acceptors (Lipinski definition) is 3. The normalized spacial score (nSPS) is 16.0. The second-order valence-electron chi connectivity index (χ2n) is 6.06. The van der Waals surface area contributed by atoms with Gasteiger partial charge in [-0.05, 0) is 50.2 Å². The number of pyridine rings is 1. The third-order valence-electron chi connectivity index (χ3n) is 4.36. The van der Waals surface area contributed by atoms with Gasteiger partial charge in [0.25, 0.3) is 0 Å². The van der Waals surface area contributed by atoms with Gasteiger partial charge in [0, 0.05) is 23.7 Å². The first-order valence-electron chi connectivity index (χ1n) is 8.07. The van der Waals surface area contributed by atoms with Gasteiger partial charge in [0.05, 0.1) is 6.54 Å². The fraction of sp³-hybridized carbons (Fsp3) is 0.333. The average Bonchev–Trinajstić information content (AvgIpc) is 2.58. The van der Waals surface area contributed by atoms with E-state index in [1.807, 2.05) is 12.1 Å². The van der Waals surface area contributed by atoms with Crippen molar-refractivity contribution in [3.05, 3.63) is 65.4 Å². The van der Waals surface area contributed by atoms with Crippen LogP contribution in [-0.2, 0) is 4.79 Å². The maximum Gasteiger partial charge on any atom is 0.238 e. The summed E-state index contributed by atoms with van der Waals surface area (Å²) in [6.07, 6.45) is 3.24. The lowest BCUT2D eigenvalue weighted by Gasteiger charge is -2.30. The molecule has 1 aromatic heterocycles. The van der Waals surface area contributed by atoms with Crippen LogP contribution in [0.15, 0.2) is 48.7 Å². The second kappa shape index (κ2) is 7.40. The fourth-order valence-corrected chi connectivity index (χ4v) is 3.08. The van der Waals surface area contributed by atoms with E-state index in [-0.39, 0.29) is 17.6 Å². The Kier molecular flexibility index (Phi) is 5.05. The van der Waals surface area contributed by atoms with E-state index in [1.54, 1.807) is 18.2 Å². The second-order valence-corrected chi connectivity index (χ2v) is 6.06. The monoisotopic (exact) mass is 329 g/mol. The predicted molar refractivity (Wildman–Crippen MR) is 88.8 cm³/mol. The van der Waals surface area contributed by atoms with Crippen molar-refractivity contribution in [3.63, 3.8) is 0 Å². The first kappa shape index (κ1) is 16.4. The quantitative estimate of drug-likeness (QED) is 0.691. The van der Waals surface area contributed by atoms with E-state index in [4.69, 9.17) is 0 Å². The van der Waals surface area contributed by atoms with Crippen LogP contribution >= 0.6 is 0 Å². The van der Waals surface area contributed by atoms with Gasteiger partial charge in [-0.2, -0.15) is 4.73 Å². The maximum absolute atomic E-state index is 12.9. The van der Waals surface area contributed by atoms with Crippen molar-refractivity contribution in [2.45, 2.75) is 18.8 Å². The molecule has 0 spiro atoms. The molecule has 0 saturated carbocycles. The summed E-state index contributed by atoms with van der Waals surface area (Å²) in [6, 6.07) is 11.2. The third-order valence-corrected chi connectivity index (χ3v) is 4.36. The molecule has 1 aromatic carbocycles. The molecule has 1 N–H and O–H groups in total. The van der Waals surface area contributed by atoms with Crippen LogP contribution < -0.4 is 10.0 Å². The fourth-order valence-electron chi connectivity index (χ4n) is 3.08. The number of halogens is 1. The summed E-state index contributed by atoms with van der Waals surface area (Å²) in [4.78, 5) is 14.1. The minimum atomic E-state index is -0.327. The van der Waals surface area contributed by atoms with Crippen LogP contribution in [0.5, 0.6) is 0 Å². The van der Waals surface area contributed by atoms with Crippen molar-refractivity contribution in [1.29, 1.82) is 0 Å². The number of nitrogens with zero attached hydrogens (tertiary/aromatic N) is 2. The summed E-state index contributed by atoms with van der Waals surface area (Å²) in [5.41, 5.74) is 1.39. The molecule has 1 amide bonds. The Morgan fingerprint density at radius 1 is 1.21 bits per heavy atom. The first-order chi connectivity index (χ1) is 11.6. The van der Waals surface area contributed by atoms with Crippen molar-refractivity contribution < 1.29 is 13.9 Å². The molecule has 2 aromatic rings. The Labute approximate surface area is 140 Å². The zero-order chi connectivity index (χ0) is 16.9. The minimum absolute atomic E-state index is 0.112. The number of piperidine rings is 1. The van der Waals surface area contributed by atoms with Gasteiger partial charge >= 0.3 is 0 Å². The summed E-state index contributed by atoms with van der Waals surface area (Å²) in [5, 5.41) is 14.6. The Morgan fingerprint density at radius 3 is 2.58 bits per heavy atom. The molecule has 1 aliphatic heterocycles. The largest absolute Gasteiger partial charge is 0.618 e. The van der Waals surface area contributed by atoms with Crippen LogP contribution in [0.4, 0.5) is 10.1 Å². The van der Waals surface area contributed by atoms with E-state index in [9.17, 15) is 14.4 Å². The van der Waals surface area contributed by atoms with E-state index in [0.717, 1.165) is 36.4 Å². The SMILES string of the molecule is O=C(CN1CCC(c2cccc[n+]2[O-])CC1)Nc1ccc(F)cc1. The molecule has 0 aliphatic carbocycles. The number of nitrogens with one attached hydrogen (secondary N) is 1. The number of carbonyl (C=O) groups is 1. The number of likely N-dealkylation sites (tertiary alicyclic amines) is 1. The maximum atomic E-state index is 12.9. The molecule has 1 aliphatic rings. The van der Waals surface area contributed by atoms with E-state index in [2.05, 4.69) is 10.2 Å². The Bertz CT molecular complexity index is 698. The lowest BCUT2D eigenvalue weighted by molar-refractivity contribution is -0.616. The zero-order valence-electron chi connectivity index (χ0n) is 13.3. The predicted octanol–water partition coefficient (Wildman–Crippen LogP) is 2.28. The number of benzene rings is 1. The van der Waals surface area contributed by atoms with E-state index >= 15 is 0 Å². The van der Waals surface area contributed by atoms with Crippen LogP contribution in [0.2, 0.25) is 0 Å². The van der Waals surface area contributed by atoms with E-state index in [0.29, 0.717) is 12.2 Å². The molecule has 1 saturated heterocycles. The van der Waals surface area contributed by atoms with Gasteiger partial charge in [-0.3, -0.25) is 9.69 Å². The van der Waals surface area contributed by atoms with Crippen molar-refractivity contribution in [2.75, 3.05) is 25.0 Å². The van der Waals surface area contributed by atoms with Crippen LogP contribution in [0.3, 0.4) is 0 Å². The van der Waals surface area contributed by atoms with Crippen molar-refractivity contribution in [3.8, 4) is 0 Å². The molecule has 0 atom stereocenters. The molecule has 0 unspecified atom stereocenters. The van der Waals surface area contributed by atoms with Gasteiger partial charge in [-0.1, -0.05) is 6.07 Å². The minimum Gasteiger partial charge on any atom is -0.618 e. The van der Waals surface area contributed by atoms with Gasteiger partial charge in [-0.25, -0.2) is 4.39 Å². The average molecular weight is 329 g/mol. The van der Waals surface area contributed by atoms with Crippen LogP contribution in [0.1, 0.15) is 24.5 Å². The van der Waals surface area contributed by atoms with Gasteiger partial charge in [0.2, 0.25) is 5.91 Å². The Balaban J connectivity index is 1.49. The summed E-state index contributed by atoms with van der Waals surface area (Å²) in [5.74, 6) is -0.203. The number of aromatic nitrogens is 1. The van der Waals surface area contributed by atoms with Gasteiger partial charge in [0.15, 0.2) is 11.9 Å². The number of anilines is 1. The highest BCUT2D eigenvalue weighted by molar-refractivity contribution is 5.92. The molecule has 1 fully saturated rings. The molecule has 2 heterocycles. The topological polar surface area (TPSA) is 59.3 Å². The number of carbonyl (C=O) groups excluding carboxylic acids is 1. The molecular formula is C18H20FN3O2. The number of amides is 1. The highest BCUT2D eigenvalue weighted by Crippen LogP contribution is 2.25. The Morgan fingerprint density at radius 2 is 1.92 bits per heavy atom. The van der Waals surface area contributed by atoms with Crippen LogP contribution in [-0.4, -0.2) is 30.4 Å². The summed E-state index contributed by atoms with van der Waals surface area (Å²) in [7, 11) is 0. The smallest absolute Gasteiger partial charge is 0.238 e. The van der Waals surface area contributed by atoms with E-state index in [1.165, 1.54) is 18.3 Å². The van der Waals surface area contributed by atoms with Crippen molar-refractivity contribution in [1.82, 2.24) is 4.90 Å². The van der Waals surface area contributed by atoms with Crippen molar-refractivity contribution in [2.24, 2.45) is 0 Å². The lowest BCUT2D eigenvalue weighted by atomic mass is 9.93. The van der Waals surface area contributed by atoms with Crippen molar-refractivity contribution >= 4 is 11.6 Å². The molecule has 3 rings (SSSR count). The molecule has 0 radical (unpaired) electrons. The molecule has 5 nitrogen and oxygen atoms in total. The van der Waals surface area contributed by atoms with Crippen LogP contribution in [0.25, 0.3) is 0 Å². The molecule has 6 heteroatoms. The number of rotatable bonds is 4. The lowest BCUT2D eigenvalue weighted by Crippen LogP contribution is -2.41. The van der Waals surface area contributed by atoms with Crippen LogP contribution in [0, 0.1) is 11.0 Å².